The summed E-state index contributed by atoms with van der Waals surface area (Å²) in [5, 5.41) is 2.78. The summed E-state index contributed by atoms with van der Waals surface area (Å²) in [4.78, 5) is 30.2. The van der Waals surface area contributed by atoms with Gasteiger partial charge in [0.1, 0.15) is 11.9 Å². The molecule has 5 heteroatoms. The molecule has 2 amide bonds. The summed E-state index contributed by atoms with van der Waals surface area (Å²) in [5.41, 5.74) is 0.848. The fourth-order valence-corrected chi connectivity index (χ4v) is 2.40. The Morgan fingerprint density at radius 1 is 1.35 bits per heavy atom. The molecule has 2 rings (SSSR count). The van der Waals surface area contributed by atoms with Gasteiger partial charge in [-0.1, -0.05) is 12.5 Å². The number of carbonyl (C=O) groups is 2. The number of aromatic nitrogens is 1. The third-order valence-electron chi connectivity index (χ3n) is 3.60. The summed E-state index contributed by atoms with van der Waals surface area (Å²) in [5.74, 6) is 0.421. The number of aryl methyl sites for hydroxylation is 1. The molecule has 0 aliphatic carbocycles. The summed E-state index contributed by atoms with van der Waals surface area (Å²) in [6.45, 7) is 4.31. The van der Waals surface area contributed by atoms with Gasteiger partial charge in [0.15, 0.2) is 0 Å². The number of rotatable bonds is 3. The SMILES string of the molecule is Cc1cccc(NC(=O)[C@@H](C)N2CCCCCC2=O)n1. The Labute approximate surface area is 119 Å². The zero-order chi connectivity index (χ0) is 14.5. The molecule has 1 fully saturated rings. The Bertz CT molecular complexity index is 502. The normalized spacial score (nSPS) is 17.5. The maximum Gasteiger partial charge on any atom is 0.248 e. The Morgan fingerprint density at radius 2 is 2.15 bits per heavy atom. The average molecular weight is 275 g/mol. The second kappa shape index (κ2) is 6.50. The van der Waals surface area contributed by atoms with Gasteiger partial charge >= 0.3 is 0 Å². The fraction of sp³-hybridized carbons (Fsp3) is 0.533. The zero-order valence-electron chi connectivity index (χ0n) is 12.1. The predicted molar refractivity (Wildman–Crippen MR) is 77.2 cm³/mol. The van der Waals surface area contributed by atoms with E-state index in [1.807, 2.05) is 19.1 Å². The Balaban J connectivity index is 2.02. The number of hydrogen-bond donors (Lipinski definition) is 1. The van der Waals surface area contributed by atoms with Crippen molar-refractivity contribution in [2.45, 2.75) is 45.6 Å². The van der Waals surface area contributed by atoms with Crippen molar-refractivity contribution in [3.05, 3.63) is 23.9 Å². The molecule has 1 atom stereocenters. The molecule has 2 heterocycles. The van der Waals surface area contributed by atoms with Gasteiger partial charge in [-0.05, 0) is 38.8 Å². The molecular weight excluding hydrogens is 254 g/mol. The molecule has 0 spiro atoms. The molecule has 108 valence electrons. The Hall–Kier alpha value is -1.91. The zero-order valence-corrected chi connectivity index (χ0v) is 12.1. The van der Waals surface area contributed by atoms with Crippen LogP contribution in [0.3, 0.4) is 0 Å². The Morgan fingerprint density at radius 3 is 2.90 bits per heavy atom. The molecule has 0 aromatic carbocycles. The monoisotopic (exact) mass is 275 g/mol. The van der Waals surface area contributed by atoms with Crippen molar-refractivity contribution >= 4 is 17.6 Å². The van der Waals surface area contributed by atoms with Gasteiger partial charge in [0, 0.05) is 18.7 Å². The van der Waals surface area contributed by atoms with Crippen molar-refractivity contribution in [1.29, 1.82) is 0 Å². The highest BCUT2D eigenvalue weighted by molar-refractivity contribution is 5.96. The topological polar surface area (TPSA) is 62.3 Å². The molecular formula is C15H21N3O2. The van der Waals surface area contributed by atoms with E-state index in [0.29, 0.717) is 18.8 Å². The lowest BCUT2D eigenvalue weighted by molar-refractivity contribution is -0.137. The van der Waals surface area contributed by atoms with Crippen molar-refractivity contribution in [2.24, 2.45) is 0 Å². The van der Waals surface area contributed by atoms with E-state index >= 15 is 0 Å². The molecule has 20 heavy (non-hydrogen) atoms. The van der Waals surface area contributed by atoms with Crippen LogP contribution < -0.4 is 5.32 Å². The van der Waals surface area contributed by atoms with Crippen LogP contribution in [0.5, 0.6) is 0 Å². The van der Waals surface area contributed by atoms with Gasteiger partial charge in [0.2, 0.25) is 11.8 Å². The van der Waals surface area contributed by atoms with Crippen LogP contribution in [0.15, 0.2) is 18.2 Å². The van der Waals surface area contributed by atoms with Gasteiger partial charge in [0.25, 0.3) is 0 Å². The predicted octanol–water partition coefficient (Wildman–Crippen LogP) is 2.12. The number of amides is 2. The number of hydrogen-bond acceptors (Lipinski definition) is 3. The molecule has 1 aliphatic heterocycles. The lowest BCUT2D eigenvalue weighted by atomic mass is 10.2. The minimum Gasteiger partial charge on any atom is -0.331 e. The molecule has 5 nitrogen and oxygen atoms in total. The summed E-state index contributed by atoms with van der Waals surface area (Å²) in [6, 6.07) is 5.02. The van der Waals surface area contributed by atoms with E-state index in [0.717, 1.165) is 25.0 Å². The molecule has 0 unspecified atom stereocenters. The summed E-state index contributed by atoms with van der Waals surface area (Å²) >= 11 is 0. The van der Waals surface area contributed by atoms with Crippen molar-refractivity contribution < 1.29 is 9.59 Å². The summed E-state index contributed by atoms with van der Waals surface area (Å²) in [6.07, 6.45) is 3.48. The first-order chi connectivity index (χ1) is 9.58. The van der Waals surface area contributed by atoms with Crippen molar-refractivity contribution in [3.8, 4) is 0 Å². The first kappa shape index (κ1) is 14.5. The largest absolute Gasteiger partial charge is 0.331 e. The van der Waals surface area contributed by atoms with Crippen LogP contribution in [0, 0.1) is 6.92 Å². The molecule has 0 saturated carbocycles. The molecule has 1 N–H and O–H groups in total. The number of nitrogens with zero attached hydrogens (tertiary/aromatic N) is 2. The van der Waals surface area contributed by atoms with Crippen LogP contribution in [0.4, 0.5) is 5.82 Å². The van der Waals surface area contributed by atoms with Crippen molar-refractivity contribution in [2.75, 3.05) is 11.9 Å². The average Bonchev–Trinajstić information content (AvgIpc) is 2.62. The summed E-state index contributed by atoms with van der Waals surface area (Å²) < 4.78 is 0. The van der Waals surface area contributed by atoms with Crippen molar-refractivity contribution in [3.63, 3.8) is 0 Å². The second-order valence-electron chi connectivity index (χ2n) is 5.23. The van der Waals surface area contributed by atoms with Gasteiger partial charge in [0.05, 0.1) is 0 Å². The van der Waals surface area contributed by atoms with Crippen LogP contribution in [0.2, 0.25) is 0 Å². The summed E-state index contributed by atoms with van der Waals surface area (Å²) in [7, 11) is 0. The van der Waals surface area contributed by atoms with Crippen molar-refractivity contribution in [1.82, 2.24) is 9.88 Å². The lowest BCUT2D eigenvalue weighted by Gasteiger charge is -2.26. The molecule has 1 aliphatic rings. The molecule has 0 radical (unpaired) electrons. The third kappa shape index (κ3) is 3.56. The quantitative estimate of drug-likeness (QED) is 0.919. The first-order valence-electron chi connectivity index (χ1n) is 7.12. The van der Waals surface area contributed by atoms with Crippen LogP contribution in [-0.4, -0.2) is 34.3 Å². The van der Waals surface area contributed by atoms with E-state index in [-0.39, 0.29) is 11.8 Å². The highest BCUT2D eigenvalue weighted by Gasteiger charge is 2.26. The maximum atomic E-state index is 12.2. The van der Waals surface area contributed by atoms with Crippen LogP contribution in [0.1, 0.15) is 38.3 Å². The standard InChI is InChI=1S/C15H21N3O2/c1-11-7-6-8-13(16-11)17-15(20)12(2)18-10-5-3-4-9-14(18)19/h6-8,12H,3-5,9-10H2,1-2H3,(H,16,17,20)/t12-/m1/s1. The molecule has 0 bridgehead atoms. The fourth-order valence-electron chi connectivity index (χ4n) is 2.40. The number of likely N-dealkylation sites (tertiary alicyclic amines) is 1. The molecule has 1 aromatic heterocycles. The van der Waals surface area contributed by atoms with Gasteiger partial charge in [-0.15, -0.1) is 0 Å². The number of anilines is 1. The van der Waals surface area contributed by atoms with Crippen LogP contribution >= 0.6 is 0 Å². The number of carbonyl (C=O) groups excluding carboxylic acids is 2. The minimum atomic E-state index is -0.456. The molecule has 1 saturated heterocycles. The first-order valence-corrected chi connectivity index (χ1v) is 7.12. The maximum absolute atomic E-state index is 12.2. The smallest absolute Gasteiger partial charge is 0.248 e. The van der Waals surface area contributed by atoms with Crippen LogP contribution in [-0.2, 0) is 9.59 Å². The van der Waals surface area contributed by atoms with E-state index in [9.17, 15) is 9.59 Å². The molecule has 1 aromatic rings. The van der Waals surface area contributed by atoms with E-state index in [4.69, 9.17) is 0 Å². The van der Waals surface area contributed by atoms with Gasteiger partial charge in [-0.2, -0.15) is 0 Å². The van der Waals surface area contributed by atoms with E-state index < -0.39 is 6.04 Å². The highest BCUT2D eigenvalue weighted by atomic mass is 16.2. The van der Waals surface area contributed by atoms with Crippen LogP contribution in [0.25, 0.3) is 0 Å². The lowest BCUT2D eigenvalue weighted by Crippen LogP contribution is -2.45. The Kier molecular flexibility index (Phi) is 4.71. The minimum absolute atomic E-state index is 0.0716. The second-order valence-corrected chi connectivity index (χ2v) is 5.23. The van der Waals surface area contributed by atoms with Gasteiger partial charge in [-0.3, -0.25) is 9.59 Å². The third-order valence-corrected chi connectivity index (χ3v) is 3.60. The van der Waals surface area contributed by atoms with E-state index in [1.54, 1.807) is 17.9 Å². The van der Waals surface area contributed by atoms with Gasteiger partial charge in [-0.25, -0.2) is 4.98 Å². The number of nitrogens with one attached hydrogen (secondary N) is 1. The van der Waals surface area contributed by atoms with E-state index in [1.165, 1.54) is 0 Å². The van der Waals surface area contributed by atoms with E-state index in [2.05, 4.69) is 10.3 Å². The number of pyridine rings is 1. The highest BCUT2D eigenvalue weighted by Crippen LogP contribution is 2.15. The van der Waals surface area contributed by atoms with Gasteiger partial charge < -0.3 is 10.2 Å².